The molecule has 0 aliphatic carbocycles. The highest BCUT2D eigenvalue weighted by Gasteiger charge is 2.09. The van der Waals surface area contributed by atoms with Crippen molar-refractivity contribution in [1.29, 1.82) is 0 Å². The Kier molecular flexibility index (Phi) is 5.49. The molecule has 0 aliphatic heterocycles. The maximum Gasteiger partial charge on any atom is 0.0718 e. The van der Waals surface area contributed by atoms with Crippen LogP contribution < -0.4 is 0 Å². The van der Waals surface area contributed by atoms with Crippen LogP contribution >= 0.6 is 0 Å². The number of ether oxygens (including phenoxy) is 1. The van der Waals surface area contributed by atoms with Crippen molar-refractivity contribution in [2.75, 3.05) is 13.2 Å². The Bertz CT molecular complexity index is 321. The van der Waals surface area contributed by atoms with Gasteiger partial charge in [0.2, 0.25) is 0 Å². The van der Waals surface area contributed by atoms with Crippen LogP contribution in [0.1, 0.15) is 36.7 Å². The fourth-order valence-corrected chi connectivity index (χ4v) is 1.68. The Morgan fingerprint density at radius 1 is 1.31 bits per heavy atom. The van der Waals surface area contributed by atoms with Gasteiger partial charge < -0.3 is 9.84 Å². The smallest absolute Gasteiger partial charge is 0.0718 e. The van der Waals surface area contributed by atoms with Gasteiger partial charge in [-0.25, -0.2) is 0 Å². The summed E-state index contributed by atoms with van der Waals surface area (Å²) in [6.07, 6.45) is 2.27. The average molecular weight is 226 g/mol. The molecule has 0 spiro atoms. The van der Waals surface area contributed by atoms with Crippen molar-refractivity contribution >= 4 is 0 Å². The Morgan fingerprint density at radius 3 is 2.62 bits per heavy atom. The molecule has 1 aromatic heterocycles. The molecular formula is C12H22N2O2. The minimum atomic E-state index is 0.0638. The number of hydrogen-bond acceptors (Lipinski definition) is 3. The largest absolute Gasteiger partial charge is 0.392 e. The van der Waals surface area contributed by atoms with E-state index in [1.807, 2.05) is 18.5 Å². The fourth-order valence-electron chi connectivity index (χ4n) is 1.68. The first-order valence-electron chi connectivity index (χ1n) is 5.92. The molecule has 0 aliphatic rings. The molecule has 0 saturated heterocycles. The number of nitrogens with zero attached hydrogens (tertiary/aromatic N) is 2. The van der Waals surface area contributed by atoms with E-state index >= 15 is 0 Å². The minimum absolute atomic E-state index is 0.0638. The molecule has 92 valence electrons. The second kappa shape index (κ2) is 6.66. The molecule has 4 heteroatoms. The molecular weight excluding hydrogens is 204 g/mol. The molecule has 1 heterocycles. The summed E-state index contributed by atoms with van der Waals surface area (Å²) in [7, 11) is 0. The highest BCUT2D eigenvalue weighted by Crippen LogP contribution is 2.12. The topological polar surface area (TPSA) is 47.3 Å². The van der Waals surface area contributed by atoms with Crippen molar-refractivity contribution in [2.24, 2.45) is 0 Å². The van der Waals surface area contributed by atoms with Crippen molar-refractivity contribution in [3.8, 4) is 0 Å². The van der Waals surface area contributed by atoms with E-state index in [-0.39, 0.29) is 6.61 Å². The van der Waals surface area contributed by atoms with Crippen LogP contribution in [0.5, 0.6) is 0 Å². The molecule has 0 radical (unpaired) electrons. The van der Waals surface area contributed by atoms with Gasteiger partial charge in [0.25, 0.3) is 0 Å². The highest BCUT2D eigenvalue weighted by atomic mass is 16.5. The zero-order chi connectivity index (χ0) is 12.0. The molecule has 0 atom stereocenters. The van der Waals surface area contributed by atoms with Crippen LogP contribution in [-0.2, 0) is 17.9 Å². The highest BCUT2D eigenvalue weighted by molar-refractivity contribution is 5.23. The molecule has 1 N–H and O–H groups in total. The number of aromatic nitrogens is 2. The van der Waals surface area contributed by atoms with E-state index in [1.165, 1.54) is 0 Å². The summed E-state index contributed by atoms with van der Waals surface area (Å²) >= 11 is 0. The summed E-state index contributed by atoms with van der Waals surface area (Å²) in [6, 6.07) is 0. The van der Waals surface area contributed by atoms with E-state index < -0.39 is 0 Å². The second-order valence-corrected chi connectivity index (χ2v) is 4.00. The lowest BCUT2D eigenvalue weighted by Crippen LogP contribution is -2.09. The summed E-state index contributed by atoms with van der Waals surface area (Å²) < 4.78 is 7.40. The lowest BCUT2D eigenvalue weighted by molar-refractivity contribution is 0.120. The Balaban J connectivity index is 2.42. The van der Waals surface area contributed by atoms with Crippen LogP contribution in [0.15, 0.2) is 0 Å². The van der Waals surface area contributed by atoms with E-state index in [0.29, 0.717) is 6.61 Å². The van der Waals surface area contributed by atoms with Crippen LogP contribution in [0.3, 0.4) is 0 Å². The van der Waals surface area contributed by atoms with Crippen LogP contribution in [0, 0.1) is 13.8 Å². The Morgan fingerprint density at radius 2 is 2.06 bits per heavy atom. The van der Waals surface area contributed by atoms with Crippen molar-refractivity contribution in [3.63, 3.8) is 0 Å². The van der Waals surface area contributed by atoms with Crippen molar-refractivity contribution in [1.82, 2.24) is 9.78 Å². The number of rotatable bonds is 7. The monoisotopic (exact) mass is 226 g/mol. The predicted molar refractivity (Wildman–Crippen MR) is 63.4 cm³/mol. The van der Waals surface area contributed by atoms with Gasteiger partial charge in [0.1, 0.15) is 0 Å². The molecule has 0 aromatic carbocycles. The standard InChI is InChI=1S/C12H22N2O2/c1-4-5-7-16-8-6-14-11(3)12(9-15)10(2)13-14/h15H,4-9H2,1-3H3. The van der Waals surface area contributed by atoms with E-state index in [1.54, 1.807) is 0 Å². The minimum Gasteiger partial charge on any atom is -0.392 e. The number of unbranched alkanes of at least 4 members (excludes halogenated alkanes) is 1. The number of aryl methyl sites for hydroxylation is 1. The van der Waals surface area contributed by atoms with Crippen LogP contribution in [0.2, 0.25) is 0 Å². The van der Waals surface area contributed by atoms with Gasteiger partial charge in [-0.15, -0.1) is 0 Å². The molecule has 0 fully saturated rings. The maximum absolute atomic E-state index is 9.17. The summed E-state index contributed by atoms with van der Waals surface area (Å²) in [5.41, 5.74) is 2.89. The van der Waals surface area contributed by atoms with Crippen LogP contribution in [-0.4, -0.2) is 28.1 Å². The fraction of sp³-hybridized carbons (Fsp3) is 0.750. The average Bonchev–Trinajstić information content (AvgIpc) is 2.53. The van der Waals surface area contributed by atoms with Gasteiger partial charge in [0, 0.05) is 17.9 Å². The lowest BCUT2D eigenvalue weighted by Gasteiger charge is -2.05. The van der Waals surface area contributed by atoms with Gasteiger partial charge in [-0.3, -0.25) is 4.68 Å². The van der Waals surface area contributed by atoms with Gasteiger partial charge in [-0.1, -0.05) is 13.3 Å². The number of hydrogen-bond donors (Lipinski definition) is 1. The molecule has 16 heavy (non-hydrogen) atoms. The maximum atomic E-state index is 9.17. The third-order valence-corrected chi connectivity index (χ3v) is 2.78. The van der Waals surface area contributed by atoms with Gasteiger partial charge >= 0.3 is 0 Å². The Hall–Kier alpha value is -0.870. The van der Waals surface area contributed by atoms with E-state index in [4.69, 9.17) is 9.84 Å². The van der Waals surface area contributed by atoms with Crippen molar-refractivity contribution < 1.29 is 9.84 Å². The molecule has 1 rings (SSSR count). The second-order valence-electron chi connectivity index (χ2n) is 4.00. The zero-order valence-electron chi connectivity index (χ0n) is 10.5. The van der Waals surface area contributed by atoms with E-state index in [2.05, 4.69) is 12.0 Å². The first-order valence-corrected chi connectivity index (χ1v) is 5.92. The molecule has 0 unspecified atom stereocenters. The van der Waals surface area contributed by atoms with Crippen molar-refractivity contribution in [2.45, 2.75) is 46.8 Å². The summed E-state index contributed by atoms with van der Waals surface area (Å²) in [4.78, 5) is 0. The lowest BCUT2D eigenvalue weighted by atomic mass is 10.2. The first-order chi connectivity index (χ1) is 7.70. The molecule has 1 aromatic rings. The predicted octanol–water partition coefficient (Wildman–Crippen LogP) is 1.81. The normalized spacial score (nSPS) is 11.0. The third-order valence-electron chi connectivity index (χ3n) is 2.78. The summed E-state index contributed by atoms with van der Waals surface area (Å²) in [5, 5.41) is 13.5. The zero-order valence-corrected chi connectivity index (χ0v) is 10.5. The van der Waals surface area contributed by atoms with E-state index in [9.17, 15) is 0 Å². The van der Waals surface area contributed by atoms with Gasteiger partial charge in [-0.2, -0.15) is 5.10 Å². The van der Waals surface area contributed by atoms with Gasteiger partial charge in [0.05, 0.1) is 25.5 Å². The van der Waals surface area contributed by atoms with Crippen LogP contribution in [0.4, 0.5) is 0 Å². The van der Waals surface area contributed by atoms with Crippen molar-refractivity contribution in [3.05, 3.63) is 17.0 Å². The molecule has 0 amide bonds. The number of aliphatic hydroxyl groups excluding tert-OH is 1. The van der Waals surface area contributed by atoms with Gasteiger partial charge in [-0.05, 0) is 20.3 Å². The summed E-state index contributed by atoms with van der Waals surface area (Å²) in [6.45, 7) is 8.39. The third kappa shape index (κ3) is 3.32. The first kappa shape index (κ1) is 13.2. The molecule has 0 saturated carbocycles. The number of aliphatic hydroxyl groups is 1. The Labute approximate surface area is 97.2 Å². The summed E-state index contributed by atoms with van der Waals surface area (Å²) in [5.74, 6) is 0. The van der Waals surface area contributed by atoms with E-state index in [0.717, 1.165) is 42.9 Å². The van der Waals surface area contributed by atoms with Crippen LogP contribution in [0.25, 0.3) is 0 Å². The SMILES string of the molecule is CCCCOCCn1nc(C)c(CO)c1C. The quantitative estimate of drug-likeness (QED) is 0.721. The molecule has 4 nitrogen and oxygen atoms in total. The molecule has 0 bridgehead atoms. The van der Waals surface area contributed by atoms with Gasteiger partial charge in [0.15, 0.2) is 0 Å².